The van der Waals surface area contributed by atoms with E-state index in [1.165, 1.54) is 42.5 Å². The Morgan fingerprint density at radius 1 is 1.28 bits per heavy atom. The van der Waals surface area contributed by atoms with Crippen molar-refractivity contribution >= 4 is 38.7 Å². The molecule has 0 aromatic heterocycles. The van der Waals surface area contributed by atoms with Crippen molar-refractivity contribution in [2.45, 2.75) is 4.90 Å². The van der Waals surface area contributed by atoms with Gasteiger partial charge in [0.15, 0.2) is 22.2 Å². The highest BCUT2D eigenvalue weighted by molar-refractivity contribution is 7.90. The van der Waals surface area contributed by atoms with E-state index >= 15 is 0 Å². The molecular formula is C15H13ClN2O6S. The minimum atomic E-state index is -3.46. The second kappa shape index (κ2) is 7.49. The van der Waals surface area contributed by atoms with Gasteiger partial charge in [-0.1, -0.05) is 23.7 Å². The maximum atomic E-state index is 12.0. The van der Waals surface area contributed by atoms with Crippen molar-refractivity contribution in [3.8, 4) is 5.75 Å². The minimum absolute atomic E-state index is 0.00758. The number of nitro groups is 1. The third kappa shape index (κ3) is 4.91. The number of ether oxygens (including phenoxy) is 1. The second-order valence-corrected chi connectivity index (χ2v) is 7.40. The number of rotatable bonds is 6. The van der Waals surface area contributed by atoms with Crippen LogP contribution in [0.25, 0.3) is 0 Å². The third-order valence-electron chi connectivity index (χ3n) is 3.06. The lowest BCUT2D eigenvalue weighted by atomic mass is 10.3. The number of carbonyl (C=O) groups is 1. The van der Waals surface area contributed by atoms with E-state index in [1.807, 2.05) is 0 Å². The molecule has 2 aromatic carbocycles. The highest BCUT2D eigenvalue weighted by atomic mass is 35.5. The van der Waals surface area contributed by atoms with E-state index in [-0.39, 0.29) is 27.0 Å². The third-order valence-corrected chi connectivity index (χ3v) is 4.50. The number of sulfone groups is 1. The topological polar surface area (TPSA) is 116 Å². The number of benzene rings is 2. The summed E-state index contributed by atoms with van der Waals surface area (Å²) in [7, 11) is -3.46. The number of nitrogens with one attached hydrogen (secondary N) is 1. The number of hydrogen-bond acceptors (Lipinski definition) is 6. The maximum Gasteiger partial charge on any atom is 0.310 e. The van der Waals surface area contributed by atoms with E-state index in [1.54, 1.807) is 0 Å². The van der Waals surface area contributed by atoms with Gasteiger partial charge in [-0.3, -0.25) is 14.9 Å². The lowest BCUT2D eigenvalue weighted by Crippen LogP contribution is -2.20. The van der Waals surface area contributed by atoms with Gasteiger partial charge in [0.05, 0.1) is 20.5 Å². The molecule has 132 valence electrons. The Morgan fingerprint density at radius 3 is 2.60 bits per heavy atom. The molecule has 0 radical (unpaired) electrons. The van der Waals surface area contributed by atoms with Crippen molar-refractivity contribution < 1.29 is 22.9 Å². The number of halogens is 1. The normalized spacial score (nSPS) is 11.0. The summed E-state index contributed by atoms with van der Waals surface area (Å²) in [5.74, 6) is -0.704. The van der Waals surface area contributed by atoms with Gasteiger partial charge < -0.3 is 10.1 Å². The molecular weight excluding hydrogens is 372 g/mol. The molecule has 0 saturated heterocycles. The van der Waals surface area contributed by atoms with Crippen LogP contribution in [0.2, 0.25) is 5.02 Å². The molecule has 2 aromatic rings. The van der Waals surface area contributed by atoms with Crippen LogP contribution >= 0.6 is 11.6 Å². The van der Waals surface area contributed by atoms with Crippen LogP contribution in [0.5, 0.6) is 5.75 Å². The van der Waals surface area contributed by atoms with E-state index in [2.05, 4.69) is 5.32 Å². The van der Waals surface area contributed by atoms with Gasteiger partial charge in [-0.25, -0.2) is 8.42 Å². The predicted molar refractivity (Wildman–Crippen MR) is 91.8 cm³/mol. The fourth-order valence-corrected chi connectivity index (χ4v) is 2.70. The van der Waals surface area contributed by atoms with Crippen LogP contribution in [-0.2, 0) is 14.6 Å². The lowest BCUT2D eigenvalue weighted by molar-refractivity contribution is -0.385. The molecule has 0 atom stereocenters. The summed E-state index contributed by atoms with van der Waals surface area (Å²) in [5.41, 5.74) is -0.173. The summed E-state index contributed by atoms with van der Waals surface area (Å²) < 4.78 is 28.3. The minimum Gasteiger partial charge on any atom is -0.477 e. The van der Waals surface area contributed by atoms with Crippen LogP contribution in [0, 0.1) is 10.1 Å². The van der Waals surface area contributed by atoms with Gasteiger partial charge in [0.25, 0.3) is 5.91 Å². The predicted octanol–water partition coefficient (Wildman–Crippen LogP) is 2.67. The zero-order valence-electron chi connectivity index (χ0n) is 12.9. The van der Waals surface area contributed by atoms with Crippen molar-refractivity contribution in [2.75, 3.05) is 18.2 Å². The van der Waals surface area contributed by atoms with Gasteiger partial charge in [0, 0.05) is 12.3 Å². The van der Waals surface area contributed by atoms with Crippen molar-refractivity contribution in [1.29, 1.82) is 0 Å². The summed E-state index contributed by atoms with van der Waals surface area (Å²) in [4.78, 5) is 22.2. The molecule has 0 unspecified atom stereocenters. The molecule has 0 fully saturated rings. The number of carbonyl (C=O) groups excluding carboxylic acids is 1. The van der Waals surface area contributed by atoms with Crippen LogP contribution in [0.4, 0.5) is 11.4 Å². The summed E-state index contributed by atoms with van der Waals surface area (Å²) in [6.07, 6.45) is 1.03. The number of amides is 1. The highest BCUT2D eigenvalue weighted by Crippen LogP contribution is 2.27. The summed E-state index contributed by atoms with van der Waals surface area (Å²) in [6.45, 7) is -0.510. The quantitative estimate of drug-likeness (QED) is 0.604. The Labute approximate surface area is 148 Å². The Hall–Kier alpha value is -2.65. The zero-order chi connectivity index (χ0) is 18.6. The molecule has 2 rings (SSSR count). The first-order valence-electron chi connectivity index (χ1n) is 6.84. The number of anilines is 1. The van der Waals surface area contributed by atoms with Gasteiger partial charge in [-0.2, -0.15) is 0 Å². The molecule has 0 heterocycles. The van der Waals surface area contributed by atoms with E-state index in [4.69, 9.17) is 16.3 Å². The van der Waals surface area contributed by atoms with Crippen molar-refractivity contribution in [3.05, 3.63) is 57.6 Å². The Bertz CT molecular complexity index is 929. The molecule has 8 nitrogen and oxygen atoms in total. The van der Waals surface area contributed by atoms with Crippen LogP contribution in [0.3, 0.4) is 0 Å². The van der Waals surface area contributed by atoms with Gasteiger partial charge in [-0.15, -0.1) is 0 Å². The number of nitro benzene ring substituents is 1. The molecule has 0 aliphatic rings. The first-order valence-corrected chi connectivity index (χ1v) is 9.11. The Balaban J connectivity index is 2.10. The van der Waals surface area contributed by atoms with Gasteiger partial charge in [0.1, 0.15) is 0 Å². The van der Waals surface area contributed by atoms with Crippen molar-refractivity contribution in [2.24, 2.45) is 0 Å². The zero-order valence-corrected chi connectivity index (χ0v) is 14.5. The fourth-order valence-electron chi connectivity index (χ4n) is 1.89. The number of para-hydroxylation sites is 2. The average Bonchev–Trinajstić information content (AvgIpc) is 2.54. The van der Waals surface area contributed by atoms with Crippen LogP contribution in [0.1, 0.15) is 0 Å². The Kier molecular flexibility index (Phi) is 5.60. The fraction of sp³-hybridized carbons (Fsp3) is 0.133. The monoisotopic (exact) mass is 384 g/mol. The van der Waals surface area contributed by atoms with Gasteiger partial charge in [0.2, 0.25) is 0 Å². The van der Waals surface area contributed by atoms with Crippen molar-refractivity contribution in [1.82, 2.24) is 0 Å². The Morgan fingerprint density at radius 2 is 1.96 bits per heavy atom. The highest BCUT2D eigenvalue weighted by Gasteiger charge is 2.16. The van der Waals surface area contributed by atoms with E-state index in [9.17, 15) is 23.3 Å². The molecule has 0 spiro atoms. The molecule has 0 bridgehead atoms. The summed E-state index contributed by atoms with van der Waals surface area (Å²) in [6, 6.07) is 9.50. The van der Waals surface area contributed by atoms with Gasteiger partial charge >= 0.3 is 5.69 Å². The second-order valence-electron chi connectivity index (χ2n) is 4.98. The van der Waals surface area contributed by atoms with Crippen LogP contribution < -0.4 is 10.1 Å². The van der Waals surface area contributed by atoms with Crippen LogP contribution in [-0.4, -0.2) is 32.1 Å². The SMILES string of the molecule is CS(=O)(=O)c1ccc(Cl)c(NC(=O)COc2ccccc2[N+](=O)[O-])c1. The molecule has 0 aliphatic carbocycles. The van der Waals surface area contributed by atoms with Gasteiger partial charge in [-0.05, 0) is 24.3 Å². The number of nitrogens with zero attached hydrogens (tertiary/aromatic N) is 1. The van der Waals surface area contributed by atoms with Crippen LogP contribution in [0.15, 0.2) is 47.4 Å². The average molecular weight is 385 g/mol. The summed E-state index contributed by atoms with van der Waals surface area (Å²) in [5, 5.41) is 13.4. The molecule has 10 heteroatoms. The standard InChI is InChI=1S/C15H13ClN2O6S/c1-25(22,23)10-6-7-11(16)12(8-10)17-15(19)9-24-14-5-3-2-4-13(14)18(20)21/h2-8H,9H2,1H3,(H,17,19). The smallest absolute Gasteiger partial charge is 0.310 e. The molecule has 25 heavy (non-hydrogen) atoms. The van der Waals surface area contributed by atoms with Crippen molar-refractivity contribution in [3.63, 3.8) is 0 Å². The number of hydrogen-bond donors (Lipinski definition) is 1. The molecule has 0 saturated carbocycles. The van der Waals surface area contributed by atoms with E-state index in [0.29, 0.717) is 0 Å². The van der Waals surface area contributed by atoms with E-state index in [0.717, 1.165) is 6.26 Å². The lowest BCUT2D eigenvalue weighted by Gasteiger charge is -2.10. The first kappa shape index (κ1) is 18.7. The largest absolute Gasteiger partial charge is 0.477 e. The molecule has 1 N–H and O–H groups in total. The molecule has 0 aliphatic heterocycles. The maximum absolute atomic E-state index is 12.0. The van der Waals surface area contributed by atoms with E-state index < -0.39 is 27.3 Å². The molecule has 1 amide bonds. The summed E-state index contributed by atoms with van der Waals surface area (Å²) >= 11 is 5.93. The first-order chi connectivity index (χ1) is 11.7.